The van der Waals surface area contributed by atoms with Crippen molar-refractivity contribution in [2.45, 2.75) is 18.4 Å². The number of nitrogens with zero attached hydrogens (tertiary/aromatic N) is 3. The third-order valence-electron chi connectivity index (χ3n) is 6.49. The smallest absolute Gasteiger partial charge is 0.274 e. The summed E-state index contributed by atoms with van der Waals surface area (Å²) in [6, 6.07) is 10.1. The molecule has 3 aliphatic rings. The second-order valence-corrected chi connectivity index (χ2v) is 10.3. The molecule has 0 radical (unpaired) electrons. The van der Waals surface area contributed by atoms with Gasteiger partial charge >= 0.3 is 0 Å². The minimum Gasteiger partial charge on any atom is -0.452 e. The average molecular weight is 538 g/mol. The molecule has 5 heterocycles. The molecule has 0 fully saturated rings. The third-order valence-corrected chi connectivity index (χ3v) is 7.51. The predicted octanol–water partition coefficient (Wildman–Crippen LogP) is 5.13. The lowest BCUT2D eigenvalue weighted by atomic mass is 9.78. The van der Waals surface area contributed by atoms with Crippen LogP contribution < -0.4 is 15.8 Å². The highest BCUT2D eigenvalue weighted by molar-refractivity contribution is 8.13. The van der Waals surface area contributed by atoms with Gasteiger partial charge in [0.15, 0.2) is 10.9 Å². The van der Waals surface area contributed by atoms with Gasteiger partial charge in [0.25, 0.3) is 11.9 Å². The van der Waals surface area contributed by atoms with Crippen molar-refractivity contribution in [1.82, 2.24) is 9.97 Å². The Balaban J connectivity index is 1.46. The molecular weight excluding hydrogens is 517 g/mol. The number of amides is 1. The highest BCUT2D eigenvalue weighted by Crippen LogP contribution is 2.54. The third kappa shape index (κ3) is 4.35. The van der Waals surface area contributed by atoms with Gasteiger partial charge in [-0.25, -0.2) is 15.0 Å². The molecule has 1 amide bonds. The van der Waals surface area contributed by atoms with Gasteiger partial charge in [-0.3, -0.25) is 4.79 Å². The lowest BCUT2D eigenvalue weighted by Gasteiger charge is -2.39. The van der Waals surface area contributed by atoms with Gasteiger partial charge in [0.1, 0.15) is 17.0 Å². The zero-order valence-electron chi connectivity index (χ0n) is 19.5. The van der Waals surface area contributed by atoms with Crippen molar-refractivity contribution in [3.8, 4) is 11.5 Å². The van der Waals surface area contributed by atoms with Crippen LogP contribution in [-0.2, 0) is 10.3 Å². The first-order chi connectivity index (χ1) is 17.9. The molecule has 8 nitrogen and oxygen atoms in total. The van der Waals surface area contributed by atoms with E-state index in [0.29, 0.717) is 63.8 Å². The standard InChI is InChI=1S/C26H21ClFN5O3S/c27-15-3-5-19(30-12-15)24(34)31-16-4-6-21-17(10-16)26(7-9-37-25(29)33-26)18-11-20(14-2-1-8-35-13-14)32-23(28)22(18)36-21/h2-6,10-12H,1,7-9,13H2,(H2,29,33)(H,31,34)/t26-/m0/s1. The number of fused-ring (bicyclic) bond motifs is 4. The number of rotatable bonds is 3. The highest BCUT2D eigenvalue weighted by atomic mass is 35.5. The molecule has 1 aromatic carbocycles. The zero-order valence-corrected chi connectivity index (χ0v) is 21.0. The molecule has 0 unspecified atom stereocenters. The number of benzene rings is 1. The number of nitrogens with two attached hydrogens (primary N) is 1. The first-order valence-electron chi connectivity index (χ1n) is 11.6. The van der Waals surface area contributed by atoms with Crippen molar-refractivity contribution in [3.05, 3.63) is 82.2 Å². The molecule has 2 aromatic heterocycles. The summed E-state index contributed by atoms with van der Waals surface area (Å²) < 4.78 is 27.0. The molecule has 3 N–H and O–H groups in total. The van der Waals surface area contributed by atoms with E-state index in [0.717, 1.165) is 12.0 Å². The Morgan fingerprint density at radius 3 is 2.86 bits per heavy atom. The van der Waals surface area contributed by atoms with E-state index in [4.69, 9.17) is 31.8 Å². The Morgan fingerprint density at radius 1 is 1.22 bits per heavy atom. The number of aromatic nitrogens is 2. The number of amidine groups is 1. The van der Waals surface area contributed by atoms with Crippen LogP contribution in [0, 0.1) is 5.95 Å². The number of anilines is 1. The lowest BCUT2D eigenvalue weighted by molar-refractivity contribution is 0.102. The van der Waals surface area contributed by atoms with E-state index in [9.17, 15) is 4.79 Å². The number of aliphatic imine (C=N–C) groups is 1. The maximum absolute atomic E-state index is 15.4. The summed E-state index contributed by atoms with van der Waals surface area (Å²) in [5.74, 6) is 0.00489. The van der Waals surface area contributed by atoms with Crippen LogP contribution in [0.25, 0.3) is 5.57 Å². The largest absolute Gasteiger partial charge is 0.452 e. The molecule has 37 heavy (non-hydrogen) atoms. The van der Waals surface area contributed by atoms with Gasteiger partial charge in [0.05, 0.1) is 23.9 Å². The Morgan fingerprint density at radius 2 is 2.11 bits per heavy atom. The molecule has 0 saturated heterocycles. The zero-order chi connectivity index (χ0) is 25.6. The molecule has 6 rings (SSSR count). The van der Waals surface area contributed by atoms with E-state index in [1.807, 2.05) is 12.1 Å². The van der Waals surface area contributed by atoms with Crippen LogP contribution in [0.4, 0.5) is 10.1 Å². The second-order valence-electron chi connectivity index (χ2n) is 8.78. The Labute approximate surface area is 221 Å². The molecule has 3 aromatic rings. The van der Waals surface area contributed by atoms with Gasteiger partial charge in [0.2, 0.25) is 0 Å². The van der Waals surface area contributed by atoms with Crippen LogP contribution in [0.1, 0.15) is 40.2 Å². The van der Waals surface area contributed by atoms with Crippen LogP contribution >= 0.6 is 23.4 Å². The minimum absolute atomic E-state index is 0.0270. The molecule has 1 atom stereocenters. The van der Waals surface area contributed by atoms with Crippen molar-refractivity contribution >= 4 is 45.7 Å². The monoisotopic (exact) mass is 537 g/mol. The molecule has 0 bridgehead atoms. The minimum atomic E-state index is -1.01. The molecule has 3 aliphatic heterocycles. The van der Waals surface area contributed by atoms with Gasteiger partial charge in [0, 0.05) is 28.8 Å². The van der Waals surface area contributed by atoms with E-state index in [-0.39, 0.29) is 11.4 Å². The maximum Gasteiger partial charge on any atom is 0.274 e. The summed E-state index contributed by atoms with van der Waals surface area (Å²) in [5, 5.41) is 3.69. The number of hydrogen-bond acceptors (Lipinski definition) is 8. The topological polar surface area (TPSA) is 112 Å². The molecule has 0 saturated carbocycles. The van der Waals surface area contributed by atoms with Crippen LogP contribution in [-0.4, -0.2) is 40.0 Å². The SMILES string of the molecule is NC1=N[C@@]2(CCS1)c1cc(NC(=O)c3ccc(Cl)cn3)ccc1Oc1c2cc(C2=CCCOC2)nc1F. The van der Waals surface area contributed by atoms with E-state index in [1.54, 1.807) is 30.3 Å². The van der Waals surface area contributed by atoms with Crippen molar-refractivity contribution in [3.63, 3.8) is 0 Å². The Bertz CT molecular complexity index is 1480. The lowest BCUT2D eigenvalue weighted by Crippen LogP contribution is -2.36. The van der Waals surface area contributed by atoms with Crippen molar-refractivity contribution in [2.75, 3.05) is 24.3 Å². The Kier molecular flexibility index (Phi) is 6.10. The number of carbonyl (C=O) groups is 1. The summed E-state index contributed by atoms with van der Waals surface area (Å²) in [5.41, 5.74) is 8.45. The number of hydrogen-bond donors (Lipinski definition) is 2. The number of thioether (sulfide) groups is 1. The predicted molar refractivity (Wildman–Crippen MR) is 141 cm³/mol. The molecule has 188 valence electrons. The van der Waals surface area contributed by atoms with Gasteiger partial charge < -0.3 is 20.5 Å². The number of carbonyl (C=O) groups excluding carboxylic acids is 1. The number of nitrogens with one attached hydrogen (secondary N) is 1. The maximum atomic E-state index is 15.4. The Hall–Kier alpha value is -3.47. The van der Waals surface area contributed by atoms with E-state index < -0.39 is 17.4 Å². The second kappa shape index (κ2) is 9.44. The first kappa shape index (κ1) is 23.9. The fourth-order valence-corrected chi connectivity index (χ4v) is 5.70. The molecule has 11 heteroatoms. The molecular formula is C26H21ClFN5O3S. The fraction of sp³-hybridized carbons (Fsp3) is 0.231. The van der Waals surface area contributed by atoms with Gasteiger partial charge in [-0.2, -0.15) is 4.39 Å². The summed E-state index contributed by atoms with van der Waals surface area (Å²) in [6.45, 7) is 0.973. The van der Waals surface area contributed by atoms with Crippen LogP contribution in [0.3, 0.4) is 0 Å². The summed E-state index contributed by atoms with van der Waals surface area (Å²) in [4.78, 5) is 25.9. The van der Waals surface area contributed by atoms with E-state index in [2.05, 4.69) is 15.3 Å². The van der Waals surface area contributed by atoms with Gasteiger partial charge in [-0.1, -0.05) is 29.4 Å². The van der Waals surface area contributed by atoms with Crippen LogP contribution in [0.2, 0.25) is 5.02 Å². The van der Waals surface area contributed by atoms with Crippen LogP contribution in [0.5, 0.6) is 11.5 Å². The summed E-state index contributed by atoms with van der Waals surface area (Å²) in [7, 11) is 0. The van der Waals surface area contributed by atoms with E-state index in [1.165, 1.54) is 18.0 Å². The molecule has 0 aliphatic carbocycles. The quantitative estimate of drug-likeness (QED) is 0.446. The number of pyridine rings is 2. The van der Waals surface area contributed by atoms with Crippen LogP contribution in [0.15, 0.2) is 53.7 Å². The first-order valence-corrected chi connectivity index (χ1v) is 13.0. The van der Waals surface area contributed by atoms with Gasteiger partial charge in [-0.15, -0.1) is 0 Å². The highest BCUT2D eigenvalue weighted by Gasteiger charge is 2.46. The normalized spacial score (nSPS) is 20.3. The van der Waals surface area contributed by atoms with Crippen molar-refractivity contribution in [2.24, 2.45) is 10.7 Å². The molecule has 1 spiro atoms. The average Bonchev–Trinajstić information content (AvgIpc) is 2.90. The van der Waals surface area contributed by atoms with Gasteiger partial charge in [-0.05, 0) is 54.8 Å². The summed E-state index contributed by atoms with van der Waals surface area (Å²) >= 11 is 7.33. The number of halogens is 2. The number of ether oxygens (including phenoxy) is 2. The fourth-order valence-electron chi connectivity index (χ4n) is 4.76. The van der Waals surface area contributed by atoms with E-state index >= 15 is 4.39 Å². The summed E-state index contributed by atoms with van der Waals surface area (Å²) in [6.07, 6.45) is 4.70. The van der Waals surface area contributed by atoms with Crippen molar-refractivity contribution < 1.29 is 18.7 Å². The van der Waals surface area contributed by atoms with Crippen molar-refractivity contribution in [1.29, 1.82) is 0 Å².